The van der Waals surface area contributed by atoms with Crippen molar-refractivity contribution in [1.29, 1.82) is 0 Å². The lowest BCUT2D eigenvalue weighted by Crippen LogP contribution is -2.23. The molecule has 2 aromatic heterocycles. The highest BCUT2D eigenvalue weighted by atomic mass is 35.5. The van der Waals surface area contributed by atoms with Crippen LogP contribution in [0, 0.1) is 19.7 Å². The lowest BCUT2D eigenvalue weighted by molar-refractivity contribution is 0.0559. The number of benzene rings is 2. The van der Waals surface area contributed by atoms with Gasteiger partial charge in [-0.3, -0.25) is 4.98 Å². The predicted molar refractivity (Wildman–Crippen MR) is 132 cm³/mol. The molecule has 1 aliphatic rings. The lowest BCUT2D eigenvalue weighted by atomic mass is 10.1. The molecule has 176 valence electrons. The van der Waals surface area contributed by atoms with E-state index in [0.717, 1.165) is 39.2 Å². The van der Waals surface area contributed by atoms with Gasteiger partial charge in [0.2, 0.25) is 6.79 Å². The summed E-state index contributed by atoms with van der Waals surface area (Å²) in [6.07, 6.45) is 3.68. The molecule has 0 bridgehead atoms. The van der Waals surface area contributed by atoms with Gasteiger partial charge >= 0.3 is 0 Å². The Hall–Kier alpha value is -3.51. The number of rotatable bonds is 7. The minimum absolute atomic E-state index is 0. The third-order valence-corrected chi connectivity index (χ3v) is 6.06. The largest absolute Gasteiger partial charge is 0.480 e. The van der Waals surface area contributed by atoms with Crippen LogP contribution in [0.1, 0.15) is 22.4 Å². The molecule has 4 aromatic rings. The van der Waals surface area contributed by atoms with E-state index in [2.05, 4.69) is 35.5 Å². The van der Waals surface area contributed by atoms with Gasteiger partial charge in [0.25, 0.3) is 0 Å². The topological polar surface area (TPSA) is 45.5 Å². The monoisotopic (exact) mass is 480 g/mol. The lowest BCUT2D eigenvalue weighted by Gasteiger charge is -2.20. The first-order valence-electron chi connectivity index (χ1n) is 10.9. The average molecular weight is 481 g/mol. The van der Waals surface area contributed by atoms with Crippen LogP contribution in [0.2, 0.25) is 0 Å². The van der Waals surface area contributed by atoms with Crippen molar-refractivity contribution in [2.75, 3.05) is 6.79 Å². The Morgan fingerprint density at radius 3 is 2.50 bits per heavy atom. The van der Waals surface area contributed by atoms with Gasteiger partial charge in [-0.1, -0.05) is 42.5 Å². The van der Waals surface area contributed by atoms with Crippen molar-refractivity contribution >= 4 is 23.4 Å². The minimum atomic E-state index is -0.352. The third-order valence-electron chi connectivity index (χ3n) is 6.06. The number of hydrogen-bond donors (Lipinski definition) is 0. The zero-order valence-electron chi connectivity index (χ0n) is 19.0. The van der Waals surface area contributed by atoms with Gasteiger partial charge in [-0.25, -0.2) is 4.39 Å². The Bertz CT molecular complexity index is 1300. The first kappa shape index (κ1) is 23.6. The summed E-state index contributed by atoms with van der Waals surface area (Å²) in [5.74, 6) is 1.13. The first-order chi connectivity index (χ1) is 16.1. The maximum atomic E-state index is 13.4. The third kappa shape index (κ3) is 4.73. The number of pyridine rings is 1. The van der Waals surface area contributed by atoms with Gasteiger partial charge < -0.3 is 18.8 Å². The summed E-state index contributed by atoms with van der Waals surface area (Å²) in [6.45, 7) is 4.91. The Kier molecular flexibility index (Phi) is 7.08. The highest BCUT2D eigenvalue weighted by Crippen LogP contribution is 2.33. The van der Waals surface area contributed by atoms with Crippen LogP contribution in [-0.2, 0) is 22.4 Å². The molecule has 1 aliphatic heterocycles. The highest BCUT2D eigenvalue weighted by Gasteiger charge is 2.25. The van der Waals surface area contributed by atoms with Crippen molar-refractivity contribution in [2.45, 2.75) is 32.9 Å². The molecule has 34 heavy (non-hydrogen) atoms. The molecule has 0 saturated heterocycles. The Morgan fingerprint density at radius 1 is 1.03 bits per heavy atom. The van der Waals surface area contributed by atoms with Gasteiger partial charge in [-0.15, -0.1) is 12.4 Å². The van der Waals surface area contributed by atoms with Crippen molar-refractivity contribution in [3.63, 3.8) is 0 Å². The fourth-order valence-electron chi connectivity index (χ4n) is 4.18. The molecule has 0 radical (unpaired) electrons. The number of fused-ring (bicyclic) bond motifs is 1. The smallest absolute Gasteiger partial charge is 0.230 e. The Balaban J connectivity index is 0.00000274. The van der Waals surface area contributed by atoms with Crippen LogP contribution in [0.25, 0.3) is 11.0 Å². The summed E-state index contributed by atoms with van der Waals surface area (Å²) in [6, 6.07) is 18.6. The second-order valence-electron chi connectivity index (χ2n) is 8.17. The molecule has 0 aliphatic carbocycles. The molecule has 0 saturated carbocycles. The molecule has 2 aromatic carbocycles. The fraction of sp³-hybridized carbons (Fsp3) is 0.222. The second kappa shape index (κ2) is 10.2. The number of aryl methyl sites for hydroxylation is 1. The highest BCUT2D eigenvalue weighted by molar-refractivity contribution is 5.86. The molecule has 0 N–H and O–H groups in total. The average Bonchev–Trinajstić information content (AvgIpc) is 3.45. The van der Waals surface area contributed by atoms with Crippen LogP contribution >= 0.6 is 12.4 Å². The molecule has 0 amide bonds. The summed E-state index contributed by atoms with van der Waals surface area (Å²) in [5, 5.41) is 0. The maximum absolute atomic E-state index is 13.4. The van der Waals surface area contributed by atoms with Gasteiger partial charge in [0.15, 0.2) is 11.9 Å². The number of aromatic nitrogens is 2. The molecular weight excluding hydrogens is 455 g/mol. The van der Waals surface area contributed by atoms with Crippen LogP contribution < -0.4 is 4.74 Å². The zero-order chi connectivity index (χ0) is 22.8. The molecule has 1 atom stereocenters. The van der Waals surface area contributed by atoms with Crippen molar-refractivity contribution in [3.05, 3.63) is 107 Å². The summed E-state index contributed by atoms with van der Waals surface area (Å²) in [5.41, 5.74) is 6.13. The van der Waals surface area contributed by atoms with E-state index >= 15 is 0 Å². The Labute approximate surface area is 204 Å². The summed E-state index contributed by atoms with van der Waals surface area (Å²) >= 11 is 0. The van der Waals surface area contributed by atoms with E-state index in [1.54, 1.807) is 24.6 Å². The van der Waals surface area contributed by atoms with Crippen LogP contribution in [0.5, 0.6) is 5.75 Å². The fourth-order valence-corrected chi connectivity index (χ4v) is 4.18. The van der Waals surface area contributed by atoms with Gasteiger partial charge in [-0.05, 0) is 42.7 Å². The van der Waals surface area contributed by atoms with E-state index in [9.17, 15) is 4.39 Å². The van der Waals surface area contributed by atoms with Crippen molar-refractivity contribution in [2.24, 2.45) is 0 Å². The summed E-state index contributed by atoms with van der Waals surface area (Å²) in [4.78, 5) is 4.64. The van der Waals surface area contributed by atoms with Crippen molar-refractivity contribution in [1.82, 2.24) is 9.55 Å². The van der Waals surface area contributed by atoms with Crippen LogP contribution in [-0.4, -0.2) is 22.4 Å². The minimum Gasteiger partial charge on any atom is -0.480 e. The molecule has 5 nitrogen and oxygen atoms in total. The van der Waals surface area contributed by atoms with Gasteiger partial charge in [0.1, 0.15) is 23.3 Å². The standard InChI is InChI=1S/C27H25FN2O3.ClH/c1-18-19(2)30(15-21-8-10-22(28)11-9-21)27-23(12-13-29-26(18)27)33-24(25-16-31-17-32-25)14-20-6-4-3-5-7-20;/h3-13,16,24H,14-15,17H2,1-2H3;1H. The van der Waals surface area contributed by atoms with Gasteiger partial charge in [0, 0.05) is 30.9 Å². The molecule has 7 heteroatoms. The van der Waals surface area contributed by atoms with E-state index in [4.69, 9.17) is 14.2 Å². The summed E-state index contributed by atoms with van der Waals surface area (Å²) in [7, 11) is 0. The zero-order valence-corrected chi connectivity index (χ0v) is 19.8. The second-order valence-corrected chi connectivity index (χ2v) is 8.17. The number of hydrogen-bond acceptors (Lipinski definition) is 4. The molecule has 5 rings (SSSR count). The maximum Gasteiger partial charge on any atom is 0.230 e. The normalized spacial score (nSPS) is 13.6. The van der Waals surface area contributed by atoms with Crippen LogP contribution in [0.4, 0.5) is 4.39 Å². The van der Waals surface area contributed by atoms with Crippen LogP contribution in [0.15, 0.2) is 78.9 Å². The quantitative estimate of drug-likeness (QED) is 0.320. The number of halogens is 2. The van der Waals surface area contributed by atoms with Crippen molar-refractivity contribution in [3.8, 4) is 5.75 Å². The first-order valence-corrected chi connectivity index (χ1v) is 10.9. The van der Waals surface area contributed by atoms with E-state index in [1.807, 2.05) is 24.3 Å². The Morgan fingerprint density at radius 2 is 1.79 bits per heavy atom. The molecule has 0 spiro atoms. The molecule has 1 unspecified atom stereocenters. The summed E-state index contributed by atoms with van der Waals surface area (Å²) < 4.78 is 33.2. The molecule has 3 heterocycles. The predicted octanol–water partition coefficient (Wildman–Crippen LogP) is 6.10. The number of ether oxygens (including phenoxy) is 3. The SMILES string of the molecule is Cc1c(C)n(Cc2ccc(F)cc2)c2c(OC(Cc3ccccc3)C3=COCO3)ccnc12.Cl. The van der Waals surface area contributed by atoms with Gasteiger partial charge in [0.05, 0.1) is 5.52 Å². The van der Waals surface area contributed by atoms with E-state index in [0.29, 0.717) is 18.7 Å². The molecular formula is C27H26ClFN2O3. The van der Waals surface area contributed by atoms with E-state index < -0.39 is 0 Å². The molecule has 0 fully saturated rings. The van der Waals surface area contributed by atoms with Crippen LogP contribution in [0.3, 0.4) is 0 Å². The van der Waals surface area contributed by atoms with Crippen molar-refractivity contribution < 1.29 is 18.6 Å². The van der Waals surface area contributed by atoms with E-state index in [-0.39, 0.29) is 31.1 Å². The van der Waals surface area contributed by atoms with Gasteiger partial charge in [-0.2, -0.15) is 0 Å². The number of nitrogens with zero attached hydrogens (tertiary/aromatic N) is 2. The van der Waals surface area contributed by atoms with E-state index in [1.165, 1.54) is 12.1 Å².